The molecule has 0 saturated heterocycles. The average Bonchev–Trinajstić information content (AvgIpc) is 2.50. The van der Waals surface area contributed by atoms with Gasteiger partial charge in [-0.05, 0) is 42.7 Å². The van der Waals surface area contributed by atoms with Gasteiger partial charge in [0.25, 0.3) is 0 Å². The lowest BCUT2D eigenvalue weighted by molar-refractivity contribution is 0.0526. The van der Waals surface area contributed by atoms with Gasteiger partial charge in [0.1, 0.15) is 0 Å². The molecule has 0 heterocycles. The zero-order chi connectivity index (χ0) is 15.2. The topological polar surface area (TPSA) is 56.7 Å². The number of anilines is 1. The van der Waals surface area contributed by atoms with Gasteiger partial charge in [0, 0.05) is 5.69 Å². The number of hydrogen-bond donors (Lipinski definition) is 1. The van der Waals surface area contributed by atoms with Crippen LogP contribution in [0.5, 0.6) is 0 Å². The Labute approximate surface area is 124 Å². The standard InChI is InChI=1S/C17H16N2O2/c1-3-21-17(20)14-6-4-5-12(10-14)9-13-7-8-15(19-2)11-16(13)18/h4-8,10-11H,3,9,18H2,1H3. The zero-order valence-electron chi connectivity index (χ0n) is 11.8. The molecule has 0 fully saturated rings. The molecule has 0 atom stereocenters. The smallest absolute Gasteiger partial charge is 0.338 e. The van der Waals surface area contributed by atoms with E-state index in [-0.39, 0.29) is 5.97 Å². The van der Waals surface area contributed by atoms with E-state index in [0.717, 1.165) is 11.1 Å². The first-order valence-corrected chi connectivity index (χ1v) is 6.66. The quantitative estimate of drug-likeness (QED) is 0.529. The van der Waals surface area contributed by atoms with Crippen LogP contribution < -0.4 is 5.73 Å². The van der Waals surface area contributed by atoms with Gasteiger partial charge in [0.2, 0.25) is 0 Å². The van der Waals surface area contributed by atoms with Gasteiger partial charge in [0.15, 0.2) is 5.69 Å². The van der Waals surface area contributed by atoms with E-state index in [9.17, 15) is 4.79 Å². The second-order valence-electron chi connectivity index (χ2n) is 4.59. The van der Waals surface area contributed by atoms with E-state index in [1.165, 1.54) is 0 Å². The fraction of sp³-hybridized carbons (Fsp3) is 0.176. The van der Waals surface area contributed by atoms with Crippen LogP contribution in [0, 0.1) is 6.57 Å². The fourth-order valence-electron chi connectivity index (χ4n) is 2.06. The summed E-state index contributed by atoms with van der Waals surface area (Å²) in [4.78, 5) is 15.1. The maximum absolute atomic E-state index is 11.7. The Morgan fingerprint density at radius 1 is 1.29 bits per heavy atom. The highest BCUT2D eigenvalue weighted by molar-refractivity contribution is 5.89. The molecule has 21 heavy (non-hydrogen) atoms. The summed E-state index contributed by atoms with van der Waals surface area (Å²) in [6.45, 7) is 9.10. The van der Waals surface area contributed by atoms with Gasteiger partial charge in [0.05, 0.1) is 18.7 Å². The molecule has 0 bridgehead atoms. The third kappa shape index (κ3) is 3.61. The van der Waals surface area contributed by atoms with Crippen molar-refractivity contribution in [2.24, 2.45) is 0 Å². The van der Waals surface area contributed by atoms with Crippen LogP contribution in [0.15, 0.2) is 42.5 Å². The largest absolute Gasteiger partial charge is 0.462 e. The summed E-state index contributed by atoms with van der Waals surface area (Å²) in [6.07, 6.45) is 0.608. The number of benzene rings is 2. The Bertz CT molecular complexity index is 702. The van der Waals surface area contributed by atoms with Crippen LogP contribution in [0.2, 0.25) is 0 Å². The van der Waals surface area contributed by atoms with Crippen LogP contribution in [0.3, 0.4) is 0 Å². The number of nitrogens with two attached hydrogens (primary N) is 1. The molecule has 2 N–H and O–H groups in total. The summed E-state index contributed by atoms with van der Waals surface area (Å²) in [7, 11) is 0. The maximum atomic E-state index is 11.7. The molecule has 2 aromatic carbocycles. The number of carbonyl (C=O) groups is 1. The minimum absolute atomic E-state index is 0.323. The molecule has 0 aliphatic heterocycles. The van der Waals surface area contributed by atoms with Crippen molar-refractivity contribution in [3.8, 4) is 0 Å². The van der Waals surface area contributed by atoms with E-state index in [2.05, 4.69) is 4.85 Å². The predicted molar refractivity (Wildman–Crippen MR) is 82.3 cm³/mol. The molecule has 4 nitrogen and oxygen atoms in total. The molecule has 0 aliphatic carbocycles. The molecule has 0 unspecified atom stereocenters. The Hall–Kier alpha value is -2.80. The number of ether oxygens (including phenoxy) is 1. The van der Waals surface area contributed by atoms with Gasteiger partial charge in [-0.25, -0.2) is 9.64 Å². The van der Waals surface area contributed by atoms with Crippen LogP contribution >= 0.6 is 0 Å². The van der Waals surface area contributed by atoms with Gasteiger partial charge in [-0.2, -0.15) is 0 Å². The third-order valence-electron chi connectivity index (χ3n) is 3.09. The monoisotopic (exact) mass is 280 g/mol. The van der Waals surface area contributed by atoms with Crippen LogP contribution in [0.25, 0.3) is 4.85 Å². The molecule has 4 heteroatoms. The van der Waals surface area contributed by atoms with Crippen molar-refractivity contribution in [3.63, 3.8) is 0 Å². The summed E-state index contributed by atoms with van der Waals surface area (Å²) >= 11 is 0. The second kappa shape index (κ2) is 6.58. The molecular formula is C17H16N2O2. The molecule has 0 radical (unpaired) electrons. The first-order chi connectivity index (χ1) is 10.1. The number of rotatable bonds is 4. The molecule has 106 valence electrons. The number of nitrogen functional groups attached to an aromatic ring is 1. The van der Waals surface area contributed by atoms with Gasteiger partial charge in [-0.15, -0.1) is 0 Å². The number of esters is 1. The molecule has 2 rings (SSSR count). The number of hydrogen-bond acceptors (Lipinski definition) is 3. The maximum Gasteiger partial charge on any atom is 0.338 e. The summed E-state index contributed by atoms with van der Waals surface area (Å²) < 4.78 is 4.99. The second-order valence-corrected chi connectivity index (χ2v) is 4.59. The third-order valence-corrected chi connectivity index (χ3v) is 3.09. The lowest BCUT2D eigenvalue weighted by Gasteiger charge is -2.08. The van der Waals surface area contributed by atoms with Gasteiger partial charge in [-0.1, -0.05) is 24.3 Å². The van der Waals surface area contributed by atoms with Crippen molar-refractivity contribution in [3.05, 3.63) is 70.6 Å². The van der Waals surface area contributed by atoms with Crippen molar-refractivity contribution in [2.75, 3.05) is 12.3 Å². The lowest BCUT2D eigenvalue weighted by Crippen LogP contribution is -2.05. The SMILES string of the molecule is [C-]#[N+]c1ccc(Cc2cccc(C(=O)OCC)c2)c(N)c1. The Balaban J connectivity index is 2.22. The predicted octanol–water partition coefficient (Wildman–Crippen LogP) is 3.59. The molecule has 0 aliphatic rings. The summed E-state index contributed by atoms with van der Waals surface area (Å²) in [6, 6.07) is 12.6. The van der Waals surface area contributed by atoms with Gasteiger partial charge < -0.3 is 10.5 Å². The van der Waals surface area contributed by atoms with E-state index in [4.69, 9.17) is 17.0 Å². The summed E-state index contributed by atoms with van der Waals surface area (Å²) in [5, 5.41) is 0. The summed E-state index contributed by atoms with van der Waals surface area (Å²) in [5.41, 5.74) is 9.51. The van der Waals surface area contributed by atoms with E-state index < -0.39 is 0 Å². The van der Waals surface area contributed by atoms with Crippen molar-refractivity contribution in [1.29, 1.82) is 0 Å². The molecule has 0 amide bonds. The highest BCUT2D eigenvalue weighted by Crippen LogP contribution is 2.23. The minimum Gasteiger partial charge on any atom is -0.462 e. The molecule has 0 aromatic heterocycles. The van der Waals surface area contributed by atoms with Crippen LogP contribution in [-0.4, -0.2) is 12.6 Å². The summed E-state index contributed by atoms with van der Waals surface area (Å²) in [5.74, 6) is -0.323. The molecular weight excluding hydrogens is 264 g/mol. The minimum atomic E-state index is -0.323. The van der Waals surface area contributed by atoms with Crippen LogP contribution in [0.4, 0.5) is 11.4 Å². The van der Waals surface area contributed by atoms with E-state index in [0.29, 0.717) is 30.0 Å². The van der Waals surface area contributed by atoms with Crippen molar-refractivity contribution in [1.82, 2.24) is 0 Å². The lowest BCUT2D eigenvalue weighted by atomic mass is 10.0. The highest BCUT2D eigenvalue weighted by atomic mass is 16.5. The first-order valence-electron chi connectivity index (χ1n) is 6.66. The Morgan fingerprint density at radius 3 is 2.76 bits per heavy atom. The number of nitrogens with zero attached hydrogens (tertiary/aromatic N) is 1. The molecule has 0 saturated carbocycles. The van der Waals surface area contributed by atoms with Crippen LogP contribution in [-0.2, 0) is 11.2 Å². The van der Waals surface area contributed by atoms with Gasteiger partial charge in [-0.3, -0.25) is 0 Å². The molecule has 0 spiro atoms. The first kappa shape index (κ1) is 14.6. The average molecular weight is 280 g/mol. The van der Waals surface area contributed by atoms with E-state index >= 15 is 0 Å². The van der Waals surface area contributed by atoms with Crippen molar-refractivity contribution < 1.29 is 9.53 Å². The van der Waals surface area contributed by atoms with Crippen molar-refractivity contribution >= 4 is 17.3 Å². The van der Waals surface area contributed by atoms with Crippen molar-refractivity contribution in [2.45, 2.75) is 13.3 Å². The normalized spacial score (nSPS) is 9.90. The van der Waals surface area contributed by atoms with Crippen LogP contribution in [0.1, 0.15) is 28.4 Å². The van der Waals surface area contributed by atoms with E-state index in [1.807, 2.05) is 18.2 Å². The van der Waals surface area contributed by atoms with Gasteiger partial charge >= 0.3 is 5.97 Å². The Morgan fingerprint density at radius 2 is 2.10 bits per heavy atom. The Kier molecular flexibility index (Phi) is 4.57. The fourth-order valence-corrected chi connectivity index (χ4v) is 2.06. The number of carbonyl (C=O) groups excluding carboxylic acids is 1. The van der Waals surface area contributed by atoms with E-state index in [1.54, 1.807) is 31.2 Å². The molecule has 2 aromatic rings. The zero-order valence-corrected chi connectivity index (χ0v) is 11.8. The highest BCUT2D eigenvalue weighted by Gasteiger charge is 2.08.